The molecule has 1 aliphatic heterocycles. The van der Waals surface area contributed by atoms with Crippen molar-refractivity contribution in [1.82, 2.24) is 0 Å². The first-order chi connectivity index (χ1) is 12.0. The molecule has 0 fully saturated rings. The third-order valence-electron chi connectivity index (χ3n) is 5.29. The molecule has 0 spiro atoms. The summed E-state index contributed by atoms with van der Waals surface area (Å²) in [4.78, 5) is 0. The van der Waals surface area contributed by atoms with Gasteiger partial charge < -0.3 is 5.11 Å². The summed E-state index contributed by atoms with van der Waals surface area (Å²) in [6.07, 6.45) is 13.5. The van der Waals surface area contributed by atoms with E-state index in [1.54, 1.807) is 0 Å². The maximum atomic E-state index is 11.2. The lowest BCUT2D eigenvalue weighted by Gasteiger charge is -2.41. The molecular formula is C23H45OP2. The first kappa shape index (κ1) is 24.2. The zero-order valence-corrected chi connectivity index (χ0v) is 20.8. The molecule has 0 aromatic carbocycles. The molecule has 3 atom stereocenters. The van der Waals surface area contributed by atoms with Gasteiger partial charge in [-0.1, -0.05) is 116 Å². The average molecular weight is 400 g/mol. The van der Waals surface area contributed by atoms with Crippen LogP contribution in [0.4, 0.5) is 0 Å². The first-order valence-corrected chi connectivity index (χ1v) is 14.6. The Morgan fingerprint density at radius 3 is 1.96 bits per heavy atom. The van der Waals surface area contributed by atoms with Crippen molar-refractivity contribution in [1.29, 1.82) is 0 Å². The number of aliphatic hydroxyl groups is 1. The predicted octanol–water partition coefficient (Wildman–Crippen LogP) is 8.74. The molecule has 0 saturated carbocycles. The Hall–Kier alpha value is 0.140. The van der Waals surface area contributed by atoms with Gasteiger partial charge in [-0.2, -0.15) is 0 Å². The third kappa shape index (κ3) is 7.28. The van der Waals surface area contributed by atoms with E-state index in [1.165, 1.54) is 62.0 Å². The van der Waals surface area contributed by atoms with E-state index in [-0.39, 0.29) is 10.8 Å². The van der Waals surface area contributed by atoms with E-state index in [0.29, 0.717) is 11.4 Å². The van der Waals surface area contributed by atoms with Gasteiger partial charge in [-0.3, -0.25) is 0 Å². The fourth-order valence-electron chi connectivity index (χ4n) is 3.82. The quantitative estimate of drug-likeness (QED) is 0.303. The molecule has 0 amide bonds. The van der Waals surface area contributed by atoms with Gasteiger partial charge in [-0.05, 0) is 40.0 Å². The van der Waals surface area contributed by atoms with Crippen LogP contribution >= 0.6 is 15.9 Å². The van der Waals surface area contributed by atoms with E-state index in [2.05, 4.69) is 61.5 Å². The van der Waals surface area contributed by atoms with Crippen molar-refractivity contribution in [2.45, 2.75) is 106 Å². The highest BCUT2D eigenvalue weighted by molar-refractivity contribution is 8.23. The first-order valence-electron chi connectivity index (χ1n) is 10.8. The molecule has 0 bridgehead atoms. The minimum absolute atomic E-state index is 0.0177. The number of rotatable bonds is 9. The van der Waals surface area contributed by atoms with Crippen molar-refractivity contribution in [3.8, 4) is 0 Å². The van der Waals surface area contributed by atoms with Crippen molar-refractivity contribution < 1.29 is 5.11 Å². The van der Waals surface area contributed by atoms with Crippen LogP contribution in [0.15, 0.2) is 22.7 Å². The Balaban J connectivity index is 2.71. The molecule has 1 radical (unpaired) electrons. The molecule has 0 aromatic heterocycles. The number of unbranched alkanes of at least 4 members (excludes halogenated alkanes) is 6. The van der Waals surface area contributed by atoms with Crippen LogP contribution in [0.3, 0.4) is 0 Å². The molecule has 153 valence electrons. The van der Waals surface area contributed by atoms with E-state index in [4.69, 9.17) is 0 Å². The molecule has 26 heavy (non-hydrogen) atoms. The Morgan fingerprint density at radius 2 is 1.46 bits per heavy atom. The highest BCUT2D eigenvalue weighted by Gasteiger charge is 2.37. The van der Waals surface area contributed by atoms with Gasteiger partial charge in [0.1, 0.15) is 5.76 Å². The topological polar surface area (TPSA) is 20.2 Å². The maximum absolute atomic E-state index is 11.2. The average Bonchev–Trinajstić information content (AvgIpc) is 2.50. The predicted molar refractivity (Wildman–Crippen MR) is 126 cm³/mol. The summed E-state index contributed by atoms with van der Waals surface area (Å²) in [5, 5.41) is 12.6. The molecule has 1 N–H and O–H groups in total. The van der Waals surface area contributed by atoms with Gasteiger partial charge >= 0.3 is 0 Å². The number of hydrogen-bond donors (Lipinski definition) is 1. The van der Waals surface area contributed by atoms with E-state index in [1.807, 2.05) is 0 Å². The molecule has 1 aliphatic rings. The van der Waals surface area contributed by atoms with Gasteiger partial charge in [-0.15, -0.1) is 0 Å². The summed E-state index contributed by atoms with van der Waals surface area (Å²) in [7, 11) is 0.344. The van der Waals surface area contributed by atoms with Crippen LogP contribution in [0.1, 0.15) is 100 Å². The molecular weight excluding hydrogens is 354 g/mol. The fraction of sp³-hybridized carbons (Fsp3) is 0.826. The van der Waals surface area contributed by atoms with Gasteiger partial charge in [0.25, 0.3) is 0 Å². The zero-order chi connectivity index (χ0) is 20.0. The number of aliphatic hydroxyl groups excluding tert-OH is 1. The summed E-state index contributed by atoms with van der Waals surface area (Å²) < 4.78 is 0. The molecule has 0 aliphatic carbocycles. The normalized spacial score (nSPS) is 22.4. The van der Waals surface area contributed by atoms with Crippen LogP contribution in [0.25, 0.3) is 0 Å². The van der Waals surface area contributed by atoms with Crippen LogP contribution in [0.2, 0.25) is 0 Å². The lowest BCUT2D eigenvalue weighted by atomic mass is 9.82. The molecule has 1 nitrogen and oxygen atoms in total. The summed E-state index contributed by atoms with van der Waals surface area (Å²) in [5.74, 6) is 0.643. The minimum atomic E-state index is -0.682. The summed E-state index contributed by atoms with van der Waals surface area (Å²) >= 11 is 0. The van der Waals surface area contributed by atoms with Crippen LogP contribution in [-0.2, 0) is 0 Å². The van der Waals surface area contributed by atoms with E-state index >= 15 is 0 Å². The largest absolute Gasteiger partial charge is 0.507 e. The van der Waals surface area contributed by atoms with Gasteiger partial charge in [0.15, 0.2) is 0 Å². The van der Waals surface area contributed by atoms with Gasteiger partial charge in [0.2, 0.25) is 0 Å². The van der Waals surface area contributed by atoms with Crippen LogP contribution in [0, 0.1) is 10.8 Å². The van der Waals surface area contributed by atoms with Gasteiger partial charge in [0, 0.05) is 0 Å². The second kappa shape index (κ2) is 10.6. The maximum Gasteiger partial charge on any atom is 0.122 e. The third-order valence-corrected chi connectivity index (χ3v) is 12.9. The van der Waals surface area contributed by atoms with Crippen molar-refractivity contribution in [3.63, 3.8) is 0 Å². The second-order valence-corrected chi connectivity index (χ2v) is 15.8. The highest BCUT2D eigenvalue weighted by Crippen LogP contribution is 2.72. The second-order valence-electron chi connectivity index (χ2n) is 10.1. The Morgan fingerprint density at radius 1 is 0.923 bits per heavy atom. The molecule has 1 heterocycles. The number of allylic oxidation sites excluding steroid dienone is 3. The van der Waals surface area contributed by atoms with Crippen molar-refractivity contribution in [3.05, 3.63) is 22.7 Å². The zero-order valence-electron chi connectivity index (χ0n) is 18.8. The lowest BCUT2D eigenvalue weighted by molar-refractivity contribution is 0.358. The summed E-state index contributed by atoms with van der Waals surface area (Å²) in [6, 6.07) is 0. The Bertz CT molecular complexity index is 491. The SMILES string of the molecule is CCCCCCCCCP[PH]1C(C(C)(C)C)=C(O)C(C(C)(C)C)=CC1C. The van der Waals surface area contributed by atoms with Crippen molar-refractivity contribution in [2.24, 2.45) is 10.8 Å². The molecule has 3 unspecified atom stereocenters. The standard InChI is InChI=1S/C23H45OP2/c1-9-10-11-12-13-14-15-16-25-26-18(2)17-19(22(3,4)5)20(24)21(26)23(6,7)8/h17-18,24-26H,9-16H2,1-8H3. The van der Waals surface area contributed by atoms with E-state index in [9.17, 15) is 5.11 Å². The number of hydrogen-bond acceptors (Lipinski definition) is 1. The summed E-state index contributed by atoms with van der Waals surface area (Å²) in [6.45, 7) is 18.2. The lowest BCUT2D eigenvalue weighted by Crippen LogP contribution is -2.23. The van der Waals surface area contributed by atoms with E-state index in [0.717, 1.165) is 8.27 Å². The smallest absolute Gasteiger partial charge is 0.122 e. The van der Waals surface area contributed by atoms with Crippen LogP contribution < -0.4 is 0 Å². The molecule has 1 rings (SSSR count). The molecule has 3 heteroatoms. The molecule has 0 saturated heterocycles. The van der Waals surface area contributed by atoms with Crippen LogP contribution in [0.5, 0.6) is 0 Å². The van der Waals surface area contributed by atoms with E-state index < -0.39 is 7.61 Å². The van der Waals surface area contributed by atoms with Crippen molar-refractivity contribution >= 4 is 15.9 Å². The van der Waals surface area contributed by atoms with Gasteiger partial charge in [0.05, 0.1) is 0 Å². The fourth-order valence-corrected chi connectivity index (χ4v) is 11.6. The Kier molecular flexibility index (Phi) is 9.88. The highest BCUT2D eigenvalue weighted by atomic mass is 32.0. The molecule has 0 aromatic rings. The van der Waals surface area contributed by atoms with Crippen LogP contribution in [-0.4, -0.2) is 16.9 Å². The Labute approximate surface area is 166 Å². The monoisotopic (exact) mass is 399 g/mol. The van der Waals surface area contributed by atoms with Gasteiger partial charge in [-0.25, -0.2) is 0 Å². The van der Waals surface area contributed by atoms with Crippen molar-refractivity contribution in [2.75, 3.05) is 6.16 Å². The minimum Gasteiger partial charge on any atom is -0.507 e. The summed E-state index contributed by atoms with van der Waals surface area (Å²) in [5.41, 5.74) is 1.89.